The first-order valence-electron chi connectivity index (χ1n) is 6.62. The minimum atomic E-state index is -0.101. The zero-order valence-electron chi connectivity index (χ0n) is 11.0. The topological polar surface area (TPSA) is 27.3 Å². The van der Waals surface area contributed by atoms with Crippen LogP contribution in [0.15, 0.2) is 24.3 Å². The summed E-state index contributed by atoms with van der Waals surface area (Å²) >= 11 is 0. The van der Waals surface area contributed by atoms with Crippen molar-refractivity contribution in [3.05, 3.63) is 35.6 Å². The molecule has 1 aromatic carbocycles. The summed E-state index contributed by atoms with van der Waals surface area (Å²) in [5.41, 5.74) is 0.792. The molecule has 18 heavy (non-hydrogen) atoms. The number of likely N-dealkylation sites (N-methyl/N-ethyl adjacent to an activating group) is 1. The SMILES string of the molecule is CN1CCNCC1CNCCc1ccccc1F. The molecule has 1 aromatic rings. The first-order chi connectivity index (χ1) is 8.77. The first kappa shape index (κ1) is 13.5. The van der Waals surface area contributed by atoms with E-state index in [1.54, 1.807) is 6.07 Å². The summed E-state index contributed by atoms with van der Waals surface area (Å²) in [6, 6.07) is 7.53. The molecule has 0 amide bonds. The number of piperazine rings is 1. The number of halogens is 1. The van der Waals surface area contributed by atoms with Crippen molar-refractivity contribution in [2.45, 2.75) is 12.5 Å². The number of nitrogens with zero attached hydrogens (tertiary/aromatic N) is 1. The molecule has 0 aliphatic carbocycles. The standard InChI is InChI=1S/C14H22FN3/c1-18-9-8-17-11-13(18)10-16-7-6-12-4-2-3-5-14(12)15/h2-5,13,16-17H,6-11H2,1H3. The van der Waals surface area contributed by atoms with E-state index in [2.05, 4.69) is 22.6 Å². The van der Waals surface area contributed by atoms with Gasteiger partial charge in [-0.1, -0.05) is 18.2 Å². The van der Waals surface area contributed by atoms with Crippen LogP contribution >= 0.6 is 0 Å². The lowest BCUT2D eigenvalue weighted by Gasteiger charge is -2.33. The van der Waals surface area contributed by atoms with Gasteiger partial charge in [0, 0.05) is 32.2 Å². The lowest BCUT2D eigenvalue weighted by Crippen LogP contribution is -2.53. The summed E-state index contributed by atoms with van der Waals surface area (Å²) in [5.74, 6) is -0.101. The first-order valence-corrected chi connectivity index (χ1v) is 6.62. The molecule has 1 heterocycles. The Hall–Kier alpha value is -0.970. The van der Waals surface area contributed by atoms with E-state index in [0.29, 0.717) is 6.04 Å². The molecule has 2 N–H and O–H groups in total. The van der Waals surface area contributed by atoms with Crippen LogP contribution < -0.4 is 10.6 Å². The van der Waals surface area contributed by atoms with E-state index in [9.17, 15) is 4.39 Å². The molecule has 0 radical (unpaired) electrons. The van der Waals surface area contributed by atoms with Gasteiger partial charge < -0.3 is 10.6 Å². The van der Waals surface area contributed by atoms with E-state index < -0.39 is 0 Å². The van der Waals surface area contributed by atoms with E-state index in [1.165, 1.54) is 6.07 Å². The van der Waals surface area contributed by atoms with Gasteiger partial charge in [0.2, 0.25) is 0 Å². The molecule has 0 aromatic heterocycles. The molecule has 3 nitrogen and oxygen atoms in total. The molecule has 1 unspecified atom stereocenters. The monoisotopic (exact) mass is 251 g/mol. The fraction of sp³-hybridized carbons (Fsp3) is 0.571. The molecule has 1 atom stereocenters. The van der Waals surface area contributed by atoms with E-state index in [-0.39, 0.29) is 5.82 Å². The predicted molar refractivity (Wildman–Crippen MR) is 72.3 cm³/mol. The maximum atomic E-state index is 13.4. The Morgan fingerprint density at radius 3 is 3.06 bits per heavy atom. The van der Waals surface area contributed by atoms with Crippen molar-refractivity contribution in [2.75, 3.05) is 39.8 Å². The second-order valence-electron chi connectivity index (χ2n) is 4.88. The highest BCUT2D eigenvalue weighted by Crippen LogP contribution is 2.06. The summed E-state index contributed by atoms with van der Waals surface area (Å²) in [6.07, 6.45) is 0.747. The number of hydrogen-bond acceptors (Lipinski definition) is 3. The van der Waals surface area contributed by atoms with Crippen LogP contribution in [0.25, 0.3) is 0 Å². The number of hydrogen-bond donors (Lipinski definition) is 2. The van der Waals surface area contributed by atoms with Gasteiger partial charge in [-0.25, -0.2) is 4.39 Å². The maximum absolute atomic E-state index is 13.4. The molecule has 100 valence electrons. The van der Waals surface area contributed by atoms with Crippen LogP contribution in [-0.2, 0) is 6.42 Å². The van der Waals surface area contributed by atoms with Crippen LogP contribution in [0.4, 0.5) is 4.39 Å². The normalized spacial score (nSPS) is 21.1. The lowest BCUT2D eigenvalue weighted by molar-refractivity contribution is 0.196. The third kappa shape index (κ3) is 3.77. The summed E-state index contributed by atoms with van der Waals surface area (Å²) in [7, 11) is 2.16. The Labute approximate surface area is 108 Å². The Morgan fingerprint density at radius 2 is 2.28 bits per heavy atom. The molecule has 0 spiro atoms. The van der Waals surface area contributed by atoms with Crippen LogP contribution in [-0.4, -0.2) is 50.7 Å². The van der Waals surface area contributed by atoms with Crippen LogP contribution in [0.3, 0.4) is 0 Å². The van der Waals surface area contributed by atoms with Crippen molar-refractivity contribution in [1.82, 2.24) is 15.5 Å². The summed E-state index contributed by atoms with van der Waals surface area (Å²) in [4.78, 5) is 2.37. The van der Waals surface area contributed by atoms with Gasteiger partial charge in [0.1, 0.15) is 5.82 Å². The minimum Gasteiger partial charge on any atom is -0.315 e. The molecule has 1 aliphatic heterocycles. The Balaban J connectivity index is 1.68. The summed E-state index contributed by atoms with van der Waals surface area (Å²) in [5, 5.41) is 6.80. The fourth-order valence-corrected chi connectivity index (χ4v) is 2.28. The highest BCUT2D eigenvalue weighted by Gasteiger charge is 2.17. The van der Waals surface area contributed by atoms with E-state index in [1.807, 2.05) is 12.1 Å². The maximum Gasteiger partial charge on any atom is 0.126 e. The lowest BCUT2D eigenvalue weighted by atomic mass is 10.1. The average Bonchev–Trinajstić information content (AvgIpc) is 2.38. The number of rotatable bonds is 5. The van der Waals surface area contributed by atoms with E-state index >= 15 is 0 Å². The largest absolute Gasteiger partial charge is 0.315 e. The second-order valence-corrected chi connectivity index (χ2v) is 4.88. The van der Waals surface area contributed by atoms with E-state index in [4.69, 9.17) is 0 Å². The van der Waals surface area contributed by atoms with E-state index in [0.717, 1.165) is 44.7 Å². The summed E-state index contributed by atoms with van der Waals surface area (Å²) < 4.78 is 13.4. The van der Waals surface area contributed by atoms with Crippen molar-refractivity contribution < 1.29 is 4.39 Å². The van der Waals surface area contributed by atoms with Gasteiger partial charge >= 0.3 is 0 Å². The molecule has 1 aliphatic rings. The van der Waals surface area contributed by atoms with Crippen LogP contribution in [0.5, 0.6) is 0 Å². The molecule has 1 fully saturated rings. The van der Waals surface area contributed by atoms with Crippen molar-refractivity contribution in [2.24, 2.45) is 0 Å². The Morgan fingerprint density at radius 1 is 1.44 bits per heavy atom. The van der Waals surface area contributed by atoms with Crippen molar-refractivity contribution >= 4 is 0 Å². The Bertz CT molecular complexity index is 370. The van der Waals surface area contributed by atoms with Gasteiger partial charge in [-0.05, 0) is 31.6 Å². The van der Waals surface area contributed by atoms with Crippen molar-refractivity contribution in [3.8, 4) is 0 Å². The van der Waals surface area contributed by atoms with Gasteiger partial charge in [-0.2, -0.15) is 0 Å². The van der Waals surface area contributed by atoms with Crippen LogP contribution in [0, 0.1) is 5.82 Å². The highest BCUT2D eigenvalue weighted by atomic mass is 19.1. The highest BCUT2D eigenvalue weighted by molar-refractivity contribution is 5.17. The van der Waals surface area contributed by atoms with Gasteiger partial charge in [0.15, 0.2) is 0 Å². The fourth-order valence-electron chi connectivity index (χ4n) is 2.28. The third-order valence-electron chi connectivity index (χ3n) is 3.55. The van der Waals surface area contributed by atoms with Gasteiger partial charge in [0.25, 0.3) is 0 Å². The van der Waals surface area contributed by atoms with Crippen LogP contribution in [0.2, 0.25) is 0 Å². The number of nitrogens with one attached hydrogen (secondary N) is 2. The van der Waals surface area contributed by atoms with Crippen molar-refractivity contribution in [3.63, 3.8) is 0 Å². The molecule has 0 saturated carbocycles. The minimum absolute atomic E-state index is 0.101. The molecule has 0 bridgehead atoms. The predicted octanol–water partition coefficient (Wildman–Crippen LogP) is 0.861. The van der Waals surface area contributed by atoms with Gasteiger partial charge in [-0.3, -0.25) is 4.90 Å². The average molecular weight is 251 g/mol. The quantitative estimate of drug-likeness (QED) is 0.760. The van der Waals surface area contributed by atoms with Crippen LogP contribution in [0.1, 0.15) is 5.56 Å². The van der Waals surface area contributed by atoms with Crippen molar-refractivity contribution in [1.29, 1.82) is 0 Å². The number of benzene rings is 1. The second kappa shape index (κ2) is 6.83. The van der Waals surface area contributed by atoms with Gasteiger partial charge in [-0.15, -0.1) is 0 Å². The molecular formula is C14H22FN3. The molecule has 2 rings (SSSR count). The molecule has 4 heteroatoms. The Kier molecular flexibility index (Phi) is 5.11. The molecular weight excluding hydrogens is 229 g/mol. The van der Waals surface area contributed by atoms with Gasteiger partial charge in [0.05, 0.1) is 0 Å². The third-order valence-corrected chi connectivity index (χ3v) is 3.55. The molecule has 1 saturated heterocycles. The summed E-state index contributed by atoms with van der Waals surface area (Å²) in [6.45, 7) is 4.98. The zero-order chi connectivity index (χ0) is 12.8. The smallest absolute Gasteiger partial charge is 0.126 e. The zero-order valence-corrected chi connectivity index (χ0v) is 11.0.